The lowest BCUT2D eigenvalue weighted by Gasteiger charge is -2.36. The van der Waals surface area contributed by atoms with Gasteiger partial charge in [-0.1, -0.05) is 38.6 Å². The van der Waals surface area contributed by atoms with Crippen LogP contribution in [0.4, 0.5) is 11.4 Å². The molecule has 5 rings (SSSR count). The third-order valence-electron chi connectivity index (χ3n) is 6.94. The smallest absolute Gasteiger partial charge is 0.295 e. The fourth-order valence-electron chi connectivity index (χ4n) is 4.65. The number of carbonyl (C=O) groups excluding carboxylic acids is 1. The van der Waals surface area contributed by atoms with E-state index in [4.69, 9.17) is 4.84 Å². The summed E-state index contributed by atoms with van der Waals surface area (Å²) in [6.07, 6.45) is 4.46. The number of nitrogens with one attached hydrogen (secondary N) is 1. The molecule has 42 heavy (non-hydrogen) atoms. The number of piperazine rings is 1. The van der Waals surface area contributed by atoms with Crippen LogP contribution in [0.3, 0.4) is 0 Å². The highest BCUT2D eigenvalue weighted by Crippen LogP contribution is 2.27. The Labute approximate surface area is 254 Å². The van der Waals surface area contributed by atoms with Crippen LogP contribution in [0.15, 0.2) is 113 Å². The van der Waals surface area contributed by atoms with Crippen LogP contribution in [0.1, 0.15) is 16.8 Å². The number of hydrogen-bond donors (Lipinski definition) is 1. The van der Waals surface area contributed by atoms with Gasteiger partial charge in [0.1, 0.15) is 0 Å². The zero-order valence-electron chi connectivity index (χ0n) is 23.0. The summed E-state index contributed by atoms with van der Waals surface area (Å²) < 4.78 is 29.0. The van der Waals surface area contributed by atoms with Crippen LogP contribution in [0.25, 0.3) is 0 Å². The van der Waals surface area contributed by atoms with E-state index >= 15 is 0 Å². The summed E-state index contributed by atoms with van der Waals surface area (Å²) in [4.78, 5) is 27.4. The van der Waals surface area contributed by atoms with Gasteiger partial charge < -0.3 is 15.1 Å². The van der Waals surface area contributed by atoms with Gasteiger partial charge in [0, 0.05) is 60.8 Å². The standard InChI is InChI=1S/C31H32BrN5O4S/c32-26-9-11-29(12-10-26)41-37(28-5-2-1-3-6-28)42(39,40)30-13-7-25(8-14-30)31(38)34-17-4-20-35-21-23-36(24-22-35)27-15-18-33-19-16-27/h1-3,5-16,18-19H,4,17,20-24H2,(H,34,38). The summed E-state index contributed by atoms with van der Waals surface area (Å²) in [6, 6.07) is 25.4. The number of benzene rings is 3. The average Bonchev–Trinajstić information content (AvgIpc) is 3.04. The summed E-state index contributed by atoms with van der Waals surface area (Å²) in [5.41, 5.74) is 1.93. The van der Waals surface area contributed by atoms with Crippen LogP contribution in [-0.2, 0) is 10.0 Å². The van der Waals surface area contributed by atoms with E-state index < -0.39 is 10.0 Å². The van der Waals surface area contributed by atoms with Crippen molar-refractivity contribution < 1.29 is 18.0 Å². The number of halogens is 1. The van der Waals surface area contributed by atoms with E-state index in [0.29, 0.717) is 23.5 Å². The maximum Gasteiger partial charge on any atom is 0.295 e. The first kappa shape index (κ1) is 29.6. The molecule has 1 aliphatic rings. The van der Waals surface area contributed by atoms with Crippen LogP contribution in [0.2, 0.25) is 0 Å². The van der Waals surface area contributed by atoms with Crippen molar-refractivity contribution >= 4 is 43.2 Å². The van der Waals surface area contributed by atoms with Crippen LogP contribution >= 0.6 is 15.9 Å². The van der Waals surface area contributed by atoms with Crippen LogP contribution in [0, 0.1) is 0 Å². The number of para-hydroxylation sites is 1. The second-order valence-electron chi connectivity index (χ2n) is 9.78. The highest BCUT2D eigenvalue weighted by molar-refractivity contribution is 9.10. The lowest BCUT2D eigenvalue weighted by molar-refractivity contribution is 0.0951. The zero-order valence-corrected chi connectivity index (χ0v) is 25.4. The van der Waals surface area contributed by atoms with Gasteiger partial charge >= 0.3 is 0 Å². The summed E-state index contributed by atoms with van der Waals surface area (Å²) in [5.74, 6) is 0.115. The minimum atomic E-state index is -4.10. The van der Waals surface area contributed by atoms with E-state index in [1.807, 2.05) is 24.5 Å². The molecule has 1 amide bonds. The molecule has 0 atom stereocenters. The molecule has 0 aliphatic carbocycles. The average molecular weight is 651 g/mol. The highest BCUT2D eigenvalue weighted by Gasteiger charge is 2.28. The molecular formula is C31H32BrN5O4S. The fraction of sp³-hybridized carbons (Fsp3) is 0.226. The number of rotatable bonds is 11. The van der Waals surface area contributed by atoms with Crippen molar-refractivity contribution in [3.63, 3.8) is 0 Å². The van der Waals surface area contributed by atoms with E-state index in [0.717, 1.165) is 48.1 Å². The summed E-state index contributed by atoms with van der Waals surface area (Å²) in [6.45, 7) is 5.29. The minimum Gasteiger partial charge on any atom is -0.369 e. The SMILES string of the molecule is O=C(NCCCN1CCN(c2ccncc2)CC1)c1ccc(S(=O)(=O)N(Oc2ccc(Br)cc2)c2ccccc2)cc1. The highest BCUT2D eigenvalue weighted by atomic mass is 79.9. The molecule has 0 spiro atoms. The maximum atomic E-state index is 13.6. The van der Waals surface area contributed by atoms with Crippen molar-refractivity contribution in [3.8, 4) is 5.75 Å². The second-order valence-corrected chi connectivity index (χ2v) is 12.4. The molecule has 3 aromatic carbocycles. The van der Waals surface area contributed by atoms with Gasteiger partial charge in [-0.15, -0.1) is 0 Å². The maximum absolute atomic E-state index is 13.6. The van der Waals surface area contributed by atoms with Gasteiger partial charge in [0.15, 0.2) is 5.75 Å². The molecule has 0 saturated carbocycles. The van der Waals surface area contributed by atoms with Crippen LogP contribution in [0.5, 0.6) is 5.75 Å². The first-order chi connectivity index (χ1) is 20.4. The number of anilines is 2. The molecular weight excluding hydrogens is 618 g/mol. The molecule has 4 aromatic rings. The van der Waals surface area contributed by atoms with Gasteiger partial charge in [-0.05, 0) is 85.8 Å². The van der Waals surface area contributed by atoms with Gasteiger partial charge in [0.05, 0.1) is 10.6 Å². The molecule has 1 saturated heterocycles. The first-order valence-electron chi connectivity index (χ1n) is 13.7. The van der Waals surface area contributed by atoms with Crippen LogP contribution in [-0.4, -0.2) is 63.5 Å². The van der Waals surface area contributed by atoms with Crippen molar-refractivity contribution in [2.45, 2.75) is 11.3 Å². The van der Waals surface area contributed by atoms with Crippen molar-refractivity contribution in [2.75, 3.05) is 48.6 Å². The van der Waals surface area contributed by atoms with E-state index in [-0.39, 0.29) is 10.8 Å². The molecule has 0 radical (unpaired) electrons. The van der Waals surface area contributed by atoms with Gasteiger partial charge in [-0.25, -0.2) is 0 Å². The van der Waals surface area contributed by atoms with Crippen molar-refractivity contribution in [1.82, 2.24) is 15.2 Å². The number of nitrogens with zero attached hydrogens (tertiary/aromatic N) is 4. The van der Waals surface area contributed by atoms with Gasteiger partial charge in [0.25, 0.3) is 15.9 Å². The Morgan fingerprint density at radius 1 is 0.881 bits per heavy atom. The van der Waals surface area contributed by atoms with Gasteiger partial charge in [0.2, 0.25) is 0 Å². The Morgan fingerprint density at radius 3 is 2.21 bits per heavy atom. The first-order valence-corrected chi connectivity index (χ1v) is 15.9. The Balaban J connectivity index is 1.15. The predicted octanol–water partition coefficient (Wildman–Crippen LogP) is 4.98. The van der Waals surface area contributed by atoms with Gasteiger partial charge in [-0.3, -0.25) is 14.7 Å². The monoisotopic (exact) mass is 649 g/mol. The molecule has 2 heterocycles. The van der Waals surface area contributed by atoms with Crippen molar-refractivity contribution in [1.29, 1.82) is 0 Å². The third-order valence-corrected chi connectivity index (χ3v) is 9.06. The van der Waals surface area contributed by atoms with E-state index in [2.05, 4.69) is 36.0 Å². The summed E-state index contributed by atoms with van der Waals surface area (Å²) in [7, 11) is -4.10. The van der Waals surface area contributed by atoms with E-state index in [9.17, 15) is 13.2 Å². The molecule has 0 unspecified atom stereocenters. The van der Waals surface area contributed by atoms with Crippen molar-refractivity contribution in [2.24, 2.45) is 0 Å². The van der Waals surface area contributed by atoms with Gasteiger partial charge in [-0.2, -0.15) is 8.42 Å². The minimum absolute atomic E-state index is 0.00548. The Morgan fingerprint density at radius 2 is 1.55 bits per heavy atom. The predicted molar refractivity (Wildman–Crippen MR) is 167 cm³/mol. The summed E-state index contributed by atoms with van der Waals surface area (Å²) in [5, 5.41) is 2.95. The number of hydrogen-bond acceptors (Lipinski definition) is 7. The quantitative estimate of drug-likeness (QED) is 0.181. The number of sulfonamides is 1. The Kier molecular flexibility index (Phi) is 9.73. The number of carbonyl (C=O) groups is 1. The molecule has 1 N–H and O–H groups in total. The normalized spacial score (nSPS) is 13.9. The molecule has 1 aromatic heterocycles. The number of aromatic nitrogens is 1. The Bertz CT molecular complexity index is 1550. The molecule has 0 bridgehead atoms. The lowest BCUT2D eigenvalue weighted by Crippen LogP contribution is -2.47. The van der Waals surface area contributed by atoms with E-state index in [1.54, 1.807) is 54.6 Å². The van der Waals surface area contributed by atoms with Crippen LogP contribution < -0.4 is 19.5 Å². The number of amides is 1. The molecule has 1 fully saturated rings. The zero-order chi connectivity index (χ0) is 29.4. The lowest BCUT2D eigenvalue weighted by atomic mass is 10.2. The molecule has 9 nitrogen and oxygen atoms in total. The number of pyridine rings is 1. The third kappa shape index (κ3) is 7.47. The van der Waals surface area contributed by atoms with Crippen molar-refractivity contribution in [3.05, 3.63) is 113 Å². The molecule has 218 valence electrons. The fourth-order valence-corrected chi connectivity index (χ4v) is 6.17. The summed E-state index contributed by atoms with van der Waals surface area (Å²) >= 11 is 3.37. The topological polar surface area (TPSA) is 95.1 Å². The second kappa shape index (κ2) is 13.8. The molecule has 11 heteroatoms. The largest absolute Gasteiger partial charge is 0.369 e. The van der Waals surface area contributed by atoms with E-state index in [1.165, 1.54) is 30.0 Å². The molecule has 1 aliphatic heterocycles. The Hall–Kier alpha value is -3.93.